The number of aliphatic hydroxyl groups is 1. The average Bonchev–Trinajstić information content (AvgIpc) is 3.31. The van der Waals surface area contributed by atoms with Crippen molar-refractivity contribution >= 4 is 46.5 Å². The lowest BCUT2D eigenvalue weighted by Gasteiger charge is -2.30. The summed E-state index contributed by atoms with van der Waals surface area (Å²) in [7, 11) is 1.08. The van der Waals surface area contributed by atoms with Gasteiger partial charge in [-0.1, -0.05) is 12.1 Å². The number of carboxylic acids is 3. The van der Waals surface area contributed by atoms with Crippen LogP contribution >= 0.6 is 11.6 Å². The number of aliphatic hydroxyl groups excluding tert-OH is 1. The number of imidazole rings is 1. The summed E-state index contributed by atoms with van der Waals surface area (Å²) >= 11 is 5.77. The monoisotopic (exact) mass is 571 g/mol. The predicted octanol–water partition coefficient (Wildman–Crippen LogP) is 0.537. The zero-order valence-electron chi connectivity index (χ0n) is 20.1. The van der Waals surface area contributed by atoms with Crippen molar-refractivity contribution in [2.45, 2.75) is 30.5 Å². The van der Waals surface area contributed by atoms with E-state index in [4.69, 9.17) is 36.7 Å². The summed E-state index contributed by atoms with van der Waals surface area (Å²) in [6.07, 6.45) is -5.57. The molecule has 0 aliphatic carbocycles. The van der Waals surface area contributed by atoms with Gasteiger partial charge in [-0.2, -0.15) is 9.97 Å². The number of ether oxygens (including phenoxy) is 3. The number of hydrogen-bond acceptors (Lipinski definition) is 11. The number of fused-ring (bicyclic) bond motifs is 1. The Hall–Kier alpha value is -4.12. The first-order chi connectivity index (χ1) is 18.4. The summed E-state index contributed by atoms with van der Waals surface area (Å²) in [4.78, 5) is 46.2. The molecule has 17 heteroatoms. The first-order valence-electron chi connectivity index (χ1n) is 10.9. The summed E-state index contributed by atoms with van der Waals surface area (Å²) in [6, 6.07) is 5.29. The van der Waals surface area contributed by atoms with Gasteiger partial charge < -0.3 is 40.4 Å². The molecule has 15 nitrogen and oxygen atoms in total. The maximum Gasteiger partial charge on any atom is 0.348 e. The van der Waals surface area contributed by atoms with Crippen LogP contribution in [0.1, 0.15) is 11.9 Å². The lowest BCUT2D eigenvalue weighted by Crippen LogP contribution is -2.53. The normalized spacial score (nSPS) is 14.1. The minimum absolute atomic E-state index is 0.00890. The standard InChI is InChI=1S/C22H23ClFN5O10/c1-37-12(15(32)16(24)29-9-26-14-17(25)27-21(23)28-18(14)29)7-39-22(19(33)34,20(35)36)6-10-2-4-11(5-3-10)38-8-13(30)31/h2-5,9,12,15-16,32H,6-8H2,1H3,(H,30,31)(H,33,34)(H,35,36)(H2,25,27,28)/t12-,15-,16-/m1/s1. The van der Waals surface area contributed by atoms with Gasteiger partial charge in [0.05, 0.1) is 12.9 Å². The number of aromatic nitrogens is 4. The van der Waals surface area contributed by atoms with Crippen molar-refractivity contribution in [3.05, 3.63) is 41.4 Å². The molecule has 0 unspecified atom stereocenters. The molecule has 39 heavy (non-hydrogen) atoms. The number of anilines is 1. The molecular formula is C22H23ClFN5O10. The van der Waals surface area contributed by atoms with Crippen LogP contribution in [0, 0.1) is 0 Å². The Labute approximate surface area is 223 Å². The van der Waals surface area contributed by atoms with Crippen LogP contribution in [0.5, 0.6) is 5.75 Å². The average molecular weight is 572 g/mol. The molecule has 0 fully saturated rings. The number of hydrogen-bond donors (Lipinski definition) is 5. The molecule has 0 saturated heterocycles. The highest BCUT2D eigenvalue weighted by Gasteiger charge is 2.49. The molecule has 0 spiro atoms. The van der Waals surface area contributed by atoms with Crippen molar-refractivity contribution < 1.29 is 53.4 Å². The summed E-state index contributed by atoms with van der Waals surface area (Å²) in [6.45, 7) is -1.48. The molecule has 2 aromatic heterocycles. The molecule has 210 valence electrons. The second kappa shape index (κ2) is 12.2. The number of nitrogens with zero attached hydrogens (tertiary/aromatic N) is 4. The maximum atomic E-state index is 15.3. The predicted molar refractivity (Wildman–Crippen MR) is 129 cm³/mol. The number of aliphatic carboxylic acids is 3. The lowest BCUT2D eigenvalue weighted by atomic mass is 9.94. The van der Waals surface area contributed by atoms with Gasteiger partial charge in [0.15, 0.2) is 18.1 Å². The highest BCUT2D eigenvalue weighted by molar-refractivity contribution is 6.28. The highest BCUT2D eigenvalue weighted by atomic mass is 35.5. The Balaban J connectivity index is 1.79. The molecule has 2 heterocycles. The zero-order chi connectivity index (χ0) is 28.9. The fourth-order valence-corrected chi connectivity index (χ4v) is 3.69. The van der Waals surface area contributed by atoms with Gasteiger partial charge in [-0.3, -0.25) is 4.57 Å². The van der Waals surface area contributed by atoms with E-state index < -0.39 is 61.6 Å². The number of methoxy groups -OCH3 is 1. The molecule has 1 aromatic carbocycles. The zero-order valence-corrected chi connectivity index (χ0v) is 20.9. The number of benzene rings is 1. The van der Waals surface area contributed by atoms with E-state index in [1.165, 1.54) is 24.3 Å². The Bertz CT molecular complexity index is 1340. The first kappa shape index (κ1) is 29.4. The van der Waals surface area contributed by atoms with E-state index in [-0.39, 0.29) is 33.6 Å². The van der Waals surface area contributed by atoms with Crippen molar-refractivity contribution in [1.82, 2.24) is 19.5 Å². The van der Waals surface area contributed by atoms with Crippen LogP contribution in [0.25, 0.3) is 11.2 Å². The molecule has 0 saturated carbocycles. The summed E-state index contributed by atoms with van der Waals surface area (Å²) in [5, 5.41) is 38.6. The van der Waals surface area contributed by atoms with Crippen molar-refractivity contribution in [2.24, 2.45) is 0 Å². The minimum Gasteiger partial charge on any atom is -0.482 e. The van der Waals surface area contributed by atoms with Gasteiger partial charge in [-0.15, -0.1) is 0 Å². The van der Waals surface area contributed by atoms with Crippen LogP contribution in [0.3, 0.4) is 0 Å². The number of halogens is 2. The van der Waals surface area contributed by atoms with Gasteiger partial charge in [-0.25, -0.2) is 23.8 Å². The fraction of sp³-hybridized carbons (Fsp3) is 0.364. The Morgan fingerprint density at radius 3 is 2.36 bits per heavy atom. The van der Waals surface area contributed by atoms with Crippen molar-refractivity contribution in [2.75, 3.05) is 26.1 Å². The van der Waals surface area contributed by atoms with Gasteiger partial charge in [0.2, 0.25) is 11.6 Å². The van der Waals surface area contributed by atoms with Crippen molar-refractivity contribution in [1.29, 1.82) is 0 Å². The molecule has 0 radical (unpaired) electrons. The summed E-state index contributed by atoms with van der Waals surface area (Å²) in [5.74, 6) is -4.94. The number of carbonyl (C=O) groups is 3. The van der Waals surface area contributed by atoms with Gasteiger partial charge in [0.25, 0.3) is 5.60 Å². The molecule has 6 N–H and O–H groups in total. The second-order valence-corrected chi connectivity index (χ2v) is 8.43. The molecule has 0 amide bonds. The largest absolute Gasteiger partial charge is 0.482 e. The number of nitrogen functional groups attached to an aromatic ring is 1. The van der Waals surface area contributed by atoms with Crippen LogP contribution in [0.2, 0.25) is 5.28 Å². The Morgan fingerprint density at radius 1 is 1.15 bits per heavy atom. The number of rotatable bonds is 14. The fourth-order valence-electron chi connectivity index (χ4n) is 3.52. The van der Waals surface area contributed by atoms with Gasteiger partial charge >= 0.3 is 17.9 Å². The Kier molecular flexibility index (Phi) is 9.18. The molecule has 3 atom stereocenters. The summed E-state index contributed by atoms with van der Waals surface area (Å²) in [5.41, 5.74) is 2.89. The maximum absolute atomic E-state index is 15.3. The number of carboxylic acid groups (broad SMARTS) is 3. The topological polar surface area (TPSA) is 229 Å². The second-order valence-electron chi connectivity index (χ2n) is 8.09. The highest BCUT2D eigenvalue weighted by Crippen LogP contribution is 2.27. The van der Waals surface area contributed by atoms with Crippen LogP contribution in [-0.4, -0.2) is 96.0 Å². The quantitative estimate of drug-likeness (QED) is 0.131. The van der Waals surface area contributed by atoms with E-state index in [0.29, 0.717) is 0 Å². The third-order valence-corrected chi connectivity index (χ3v) is 5.75. The van der Waals surface area contributed by atoms with Crippen LogP contribution in [0.15, 0.2) is 30.6 Å². The number of nitrogens with two attached hydrogens (primary N) is 1. The van der Waals surface area contributed by atoms with Crippen molar-refractivity contribution in [3.8, 4) is 5.75 Å². The van der Waals surface area contributed by atoms with Crippen molar-refractivity contribution in [3.63, 3.8) is 0 Å². The van der Waals surface area contributed by atoms with E-state index in [1.54, 1.807) is 0 Å². The molecule has 3 aromatic rings. The van der Waals surface area contributed by atoms with Gasteiger partial charge in [-0.05, 0) is 29.3 Å². The molecule has 0 bridgehead atoms. The van der Waals surface area contributed by atoms with E-state index in [0.717, 1.165) is 18.0 Å². The molecule has 3 rings (SSSR count). The molecule has 0 aliphatic rings. The third kappa shape index (κ3) is 6.48. The van der Waals surface area contributed by atoms with E-state index in [9.17, 15) is 29.7 Å². The third-order valence-electron chi connectivity index (χ3n) is 5.58. The first-order valence-corrected chi connectivity index (χ1v) is 11.3. The van der Waals surface area contributed by atoms with Crippen LogP contribution in [-0.2, 0) is 30.3 Å². The van der Waals surface area contributed by atoms with E-state index in [1.807, 2.05) is 0 Å². The van der Waals surface area contributed by atoms with Crippen LogP contribution in [0.4, 0.5) is 10.2 Å². The Morgan fingerprint density at radius 2 is 1.79 bits per heavy atom. The van der Waals surface area contributed by atoms with E-state index >= 15 is 4.39 Å². The SMILES string of the molecule is CO[C@H](COC(Cc1ccc(OCC(=O)O)cc1)(C(=O)O)C(=O)O)[C@@H](O)[C@H](F)n1cnc2c(N)nc(Cl)nc21. The minimum atomic E-state index is -2.86. The van der Waals surface area contributed by atoms with Crippen LogP contribution < -0.4 is 10.5 Å². The molecule has 0 aliphatic heterocycles. The van der Waals surface area contributed by atoms with Gasteiger partial charge in [0.1, 0.15) is 23.5 Å². The summed E-state index contributed by atoms with van der Waals surface area (Å²) < 4.78 is 31.5. The lowest BCUT2D eigenvalue weighted by molar-refractivity contribution is -0.192. The molecular weight excluding hydrogens is 549 g/mol. The van der Waals surface area contributed by atoms with Gasteiger partial charge in [0, 0.05) is 13.5 Å². The smallest absolute Gasteiger partial charge is 0.348 e. The van der Waals surface area contributed by atoms with E-state index in [2.05, 4.69) is 15.0 Å². The number of alkyl halides is 1.